The van der Waals surface area contributed by atoms with Crippen LogP contribution in [0.2, 0.25) is 0 Å². The number of hydrogen-bond acceptors (Lipinski definition) is 3. The minimum absolute atomic E-state index is 0.149. The molecule has 8 heteroatoms. The number of carbonyl (C=O) groups is 1. The Morgan fingerprint density at radius 2 is 2.08 bits per heavy atom. The molecule has 2 amide bonds. The molecule has 24 heavy (non-hydrogen) atoms. The third kappa shape index (κ3) is 5.09. The standard InChI is InChI=1S/C16H22F3N3O2/c1-11-2-3-12(10-21-11)4-7-20-15(24)22-8-5-13(6-9-22)14(23)16(17,18)19/h2-3,10,13-14,23H,4-9H2,1H3,(H,20,24). The van der Waals surface area contributed by atoms with E-state index in [1.165, 1.54) is 4.90 Å². The van der Waals surface area contributed by atoms with Crippen molar-refractivity contribution in [2.45, 2.75) is 38.5 Å². The molecule has 0 radical (unpaired) electrons. The van der Waals surface area contributed by atoms with E-state index in [1.807, 2.05) is 19.1 Å². The summed E-state index contributed by atoms with van der Waals surface area (Å²) in [6.45, 7) is 2.77. The van der Waals surface area contributed by atoms with Crippen molar-refractivity contribution in [3.63, 3.8) is 0 Å². The van der Waals surface area contributed by atoms with Crippen LogP contribution in [-0.2, 0) is 6.42 Å². The SMILES string of the molecule is Cc1ccc(CCNC(=O)N2CCC(C(O)C(F)(F)F)CC2)cn1. The number of aryl methyl sites for hydroxylation is 1. The highest BCUT2D eigenvalue weighted by Crippen LogP contribution is 2.31. The Hall–Kier alpha value is -1.83. The molecule has 1 unspecified atom stereocenters. The second kappa shape index (κ2) is 7.83. The van der Waals surface area contributed by atoms with E-state index in [0.717, 1.165) is 11.3 Å². The van der Waals surface area contributed by atoms with E-state index in [2.05, 4.69) is 10.3 Å². The fraction of sp³-hybridized carbons (Fsp3) is 0.625. The zero-order valence-electron chi connectivity index (χ0n) is 13.5. The van der Waals surface area contributed by atoms with Crippen LogP contribution >= 0.6 is 0 Å². The zero-order chi connectivity index (χ0) is 17.7. The molecule has 5 nitrogen and oxygen atoms in total. The quantitative estimate of drug-likeness (QED) is 0.880. The second-order valence-corrected chi connectivity index (χ2v) is 6.10. The number of rotatable bonds is 4. The molecule has 2 heterocycles. The maximum absolute atomic E-state index is 12.5. The Bertz CT molecular complexity index is 540. The van der Waals surface area contributed by atoms with Crippen molar-refractivity contribution in [1.82, 2.24) is 15.2 Å². The van der Waals surface area contributed by atoms with Gasteiger partial charge in [0.15, 0.2) is 6.10 Å². The van der Waals surface area contributed by atoms with Crippen LogP contribution in [-0.4, -0.2) is 52.9 Å². The lowest BCUT2D eigenvalue weighted by Crippen LogP contribution is -2.48. The first-order chi connectivity index (χ1) is 11.3. The maximum Gasteiger partial charge on any atom is 0.414 e. The molecule has 134 valence electrons. The molecule has 1 aromatic heterocycles. The van der Waals surface area contributed by atoms with Gasteiger partial charge >= 0.3 is 12.2 Å². The number of hydrogen-bond donors (Lipinski definition) is 2. The molecule has 0 bridgehead atoms. The number of nitrogens with one attached hydrogen (secondary N) is 1. The summed E-state index contributed by atoms with van der Waals surface area (Å²) in [6.07, 6.45) is -4.21. The van der Waals surface area contributed by atoms with Gasteiger partial charge in [-0.15, -0.1) is 0 Å². The van der Waals surface area contributed by atoms with Gasteiger partial charge in [-0.05, 0) is 43.7 Å². The summed E-state index contributed by atoms with van der Waals surface area (Å²) in [4.78, 5) is 17.7. The molecule has 0 aromatic carbocycles. The fourth-order valence-corrected chi connectivity index (χ4v) is 2.76. The van der Waals surface area contributed by atoms with Gasteiger partial charge in [-0.25, -0.2) is 4.79 Å². The normalized spacial score (nSPS) is 17.6. The van der Waals surface area contributed by atoms with Gasteiger partial charge in [-0.3, -0.25) is 4.98 Å². The third-order valence-electron chi connectivity index (χ3n) is 4.27. The predicted molar refractivity (Wildman–Crippen MR) is 82.4 cm³/mol. The lowest BCUT2D eigenvalue weighted by molar-refractivity contribution is -0.222. The molecular formula is C16H22F3N3O2. The number of piperidine rings is 1. The molecule has 1 atom stereocenters. The molecule has 1 aliphatic heterocycles. The highest BCUT2D eigenvalue weighted by atomic mass is 19.4. The van der Waals surface area contributed by atoms with Gasteiger partial charge in [0.25, 0.3) is 0 Å². The van der Waals surface area contributed by atoms with Crippen LogP contribution in [0.15, 0.2) is 18.3 Å². The van der Waals surface area contributed by atoms with Gasteiger partial charge in [-0.2, -0.15) is 13.2 Å². The summed E-state index contributed by atoms with van der Waals surface area (Å²) in [5.41, 5.74) is 1.93. The van der Waals surface area contributed by atoms with Crippen LogP contribution in [0.4, 0.5) is 18.0 Å². The Kier molecular flexibility index (Phi) is 6.04. The van der Waals surface area contributed by atoms with Crippen molar-refractivity contribution in [2.24, 2.45) is 5.92 Å². The average Bonchev–Trinajstić information content (AvgIpc) is 2.55. The summed E-state index contributed by atoms with van der Waals surface area (Å²) < 4.78 is 37.5. The Morgan fingerprint density at radius 3 is 2.62 bits per heavy atom. The molecule has 0 saturated carbocycles. The number of aliphatic hydroxyl groups excluding tert-OH is 1. The topological polar surface area (TPSA) is 65.5 Å². The van der Waals surface area contributed by atoms with Crippen molar-refractivity contribution in [3.8, 4) is 0 Å². The summed E-state index contributed by atoms with van der Waals surface area (Å²) in [5.74, 6) is -0.840. The van der Waals surface area contributed by atoms with Crippen LogP contribution in [0.25, 0.3) is 0 Å². The first-order valence-electron chi connectivity index (χ1n) is 7.96. The van der Waals surface area contributed by atoms with Crippen molar-refractivity contribution < 1.29 is 23.1 Å². The molecule has 2 N–H and O–H groups in total. The number of aliphatic hydroxyl groups is 1. The molecule has 1 saturated heterocycles. The molecule has 0 spiro atoms. The maximum atomic E-state index is 12.5. The Balaban J connectivity index is 1.72. The van der Waals surface area contributed by atoms with Crippen molar-refractivity contribution in [3.05, 3.63) is 29.6 Å². The van der Waals surface area contributed by atoms with Crippen LogP contribution in [0.5, 0.6) is 0 Å². The predicted octanol–water partition coefficient (Wildman–Crippen LogP) is 2.28. The molecule has 1 fully saturated rings. The first-order valence-corrected chi connectivity index (χ1v) is 7.96. The van der Waals surface area contributed by atoms with Gasteiger partial charge in [0.05, 0.1) is 0 Å². The minimum atomic E-state index is -4.60. The average molecular weight is 345 g/mol. The van der Waals surface area contributed by atoms with E-state index >= 15 is 0 Å². The van der Waals surface area contributed by atoms with E-state index in [0.29, 0.717) is 13.0 Å². The van der Waals surface area contributed by atoms with E-state index in [-0.39, 0.29) is 32.0 Å². The number of urea groups is 1. The van der Waals surface area contributed by atoms with E-state index in [4.69, 9.17) is 0 Å². The molecule has 2 rings (SSSR count). The van der Waals surface area contributed by atoms with Gasteiger partial charge in [-0.1, -0.05) is 6.07 Å². The van der Waals surface area contributed by atoms with Gasteiger partial charge in [0, 0.05) is 31.5 Å². The number of halogens is 3. The molecular weight excluding hydrogens is 323 g/mol. The van der Waals surface area contributed by atoms with Crippen LogP contribution in [0.1, 0.15) is 24.1 Å². The second-order valence-electron chi connectivity index (χ2n) is 6.10. The molecule has 0 aliphatic carbocycles. The lowest BCUT2D eigenvalue weighted by atomic mass is 9.91. The van der Waals surface area contributed by atoms with E-state index < -0.39 is 18.2 Å². The zero-order valence-corrected chi connectivity index (χ0v) is 13.5. The number of amides is 2. The summed E-state index contributed by atoms with van der Waals surface area (Å²) in [6, 6.07) is 3.56. The third-order valence-corrected chi connectivity index (χ3v) is 4.27. The number of nitrogens with zero attached hydrogens (tertiary/aromatic N) is 2. The van der Waals surface area contributed by atoms with Crippen LogP contribution in [0, 0.1) is 12.8 Å². The number of aromatic nitrogens is 1. The Labute approximate surface area is 138 Å². The molecule has 1 aliphatic rings. The number of likely N-dealkylation sites (tertiary alicyclic amines) is 1. The van der Waals surface area contributed by atoms with Gasteiger partial charge in [0.2, 0.25) is 0 Å². The van der Waals surface area contributed by atoms with Crippen molar-refractivity contribution in [2.75, 3.05) is 19.6 Å². The highest BCUT2D eigenvalue weighted by Gasteiger charge is 2.44. The minimum Gasteiger partial charge on any atom is -0.383 e. The van der Waals surface area contributed by atoms with E-state index in [1.54, 1.807) is 6.20 Å². The highest BCUT2D eigenvalue weighted by molar-refractivity contribution is 5.74. The summed E-state index contributed by atoms with van der Waals surface area (Å²) in [5, 5.41) is 12.0. The fourth-order valence-electron chi connectivity index (χ4n) is 2.76. The smallest absolute Gasteiger partial charge is 0.383 e. The van der Waals surface area contributed by atoms with E-state index in [9.17, 15) is 23.1 Å². The largest absolute Gasteiger partial charge is 0.414 e. The van der Waals surface area contributed by atoms with Crippen molar-refractivity contribution in [1.29, 1.82) is 0 Å². The summed E-state index contributed by atoms with van der Waals surface area (Å²) >= 11 is 0. The number of alkyl halides is 3. The number of carbonyl (C=O) groups excluding carboxylic acids is 1. The monoisotopic (exact) mass is 345 g/mol. The van der Waals surface area contributed by atoms with Crippen LogP contribution < -0.4 is 5.32 Å². The van der Waals surface area contributed by atoms with Crippen LogP contribution in [0.3, 0.4) is 0 Å². The van der Waals surface area contributed by atoms with Gasteiger partial charge < -0.3 is 15.3 Å². The molecule has 1 aromatic rings. The van der Waals surface area contributed by atoms with Gasteiger partial charge in [0.1, 0.15) is 0 Å². The number of pyridine rings is 1. The first kappa shape index (κ1) is 18.5. The van der Waals surface area contributed by atoms with Crippen molar-refractivity contribution >= 4 is 6.03 Å². The lowest BCUT2D eigenvalue weighted by Gasteiger charge is -2.34. The Morgan fingerprint density at radius 1 is 1.42 bits per heavy atom. The summed E-state index contributed by atoms with van der Waals surface area (Å²) in [7, 11) is 0.